The minimum atomic E-state index is -0.909. The number of rotatable bonds is 8. The Morgan fingerprint density at radius 3 is 1.62 bits per heavy atom. The van der Waals surface area contributed by atoms with Crippen molar-refractivity contribution in [2.75, 3.05) is 0 Å². The molecule has 0 radical (unpaired) electrons. The highest BCUT2D eigenvalue weighted by molar-refractivity contribution is 6.09. The third-order valence-electron chi connectivity index (χ3n) is 3.05. The first-order chi connectivity index (χ1) is 11.5. The molecule has 2 aromatic rings. The van der Waals surface area contributed by atoms with Crippen molar-refractivity contribution >= 4 is 5.78 Å². The van der Waals surface area contributed by atoms with E-state index >= 15 is 0 Å². The molecule has 24 heavy (non-hydrogen) atoms. The Labute approximate surface area is 135 Å². The number of hydrogen-bond acceptors (Lipinski definition) is 7. The van der Waals surface area contributed by atoms with Crippen LogP contribution >= 0.6 is 0 Å². The van der Waals surface area contributed by atoms with Gasteiger partial charge in [0.05, 0.1) is 0 Å². The van der Waals surface area contributed by atoms with Crippen molar-refractivity contribution in [1.29, 1.82) is 0 Å². The van der Waals surface area contributed by atoms with Gasteiger partial charge in [-0.25, -0.2) is 0 Å². The van der Waals surface area contributed by atoms with E-state index in [-0.39, 0.29) is 19.0 Å². The van der Waals surface area contributed by atoms with E-state index in [4.69, 9.17) is 0 Å². The predicted molar refractivity (Wildman–Crippen MR) is 79.9 cm³/mol. The number of hydrogen-bond donors (Lipinski definition) is 0. The van der Waals surface area contributed by atoms with Crippen molar-refractivity contribution in [2.45, 2.75) is 13.2 Å². The summed E-state index contributed by atoms with van der Waals surface area (Å²) >= 11 is 0. The van der Waals surface area contributed by atoms with Gasteiger partial charge in [-0.2, -0.15) is 0 Å². The lowest BCUT2D eigenvalue weighted by molar-refractivity contribution is -0.763. The molecule has 0 aliphatic carbocycles. The predicted octanol–water partition coefficient (Wildman–Crippen LogP) is 2.33. The van der Waals surface area contributed by atoms with E-state index in [1.54, 1.807) is 36.4 Å². The number of ketones is 1. The summed E-state index contributed by atoms with van der Waals surface area (Å²) in [4.78, 5) is 41.5. The van der Waals surface area contributed by atoms with Crippen LogP contribution in [0, 0.1) is 20.2 Å². The Morgan fingerprint density at radius 2 is 1.25 bits per heavy atom. The average Bonchev–Trinajstić information content (AvgIpc) is 2.58. The highest BCUT2D eigenvalue weighted by Gasteiger charge is 2.11. The topological polar surface area (TPSA) is 122 Å². The van der Waals surface area contributed by atoms with Gasteiger partial charge in [-0.05, 0) is 23.3 Å². The first-order valence-electron chi connectivity index (χ1n) is 6.73. The van der Waals surface area contributed by atoms with Gasteiger partial charge in [0.1, 0.15) is 13.2 Å². The molecule has 0 saturated heterocycles. The van der Waals surface area contributed by atoms with Crippen molar-refractivity contribution in [3.63, 3.8) is 0 Å². The summed E-state index contributed by atoms with van der Waals surface area (Å²) in [6, 6.07) is 12.5. The molecule has 0 heterocycles. The van der Waals surface area contributed by atoms with Crippen molar-refractivity contribution in [3.05, 3.63) is 91.0 Å². The highest BCUT2D eigenvalue weighted by atomic mass is 17.0. The van der Waals surface area contributed by atoms with E-state index in [9.17, 15) is 25.0 Å². The molecule has 0 aromatic heterocycles. The lowest BCUT2D eigenvalue weighted by Crippen LogP contribution is -2.06. The Morgan fingerprint density at radius 1 is 0.833 bits per heavy atom. The van der Waals surface area contributed by atoms with Crippen LogP contribution in [-0.4, -0.2) is 16.0 Å². The Balaban J connectivity index is 2.16. The van der Waals surface area contributed by atoms with Gasteiger partial charge < -0.3 is 9.68 Å². The van der Waals surface area contributed by atoms with E-state index in [0.29, 0.717) is 22.3 Å². The van der Waals surface area contributed by atoms with E-state index in [1.807, 2.05) is 0 Å². The van der Waals surface area contributed by atoms with Crippen molar-refractivity contribution < 1.29 is 24.6 Å². The van der Waals surface area contributed by atoms with Gasteiger partial charge in [-0.1, -0.05) is 36.4 Å². The van der Waals surface area contributed by atoms with Gasteiger partial charge in [-0.15, -0.1) is 20.2 Å². The highest BCUT2D eigenvalue weighted by Crippen LogP contribution is 2.15. The molecule has 2 rings (SSSR count). The van der Waals surface area contributed by atoms with Crippen LogP contribution in [0.15, 0.2) is 48.5 Å². The minimum Gasteiger partial charge on any atom is -0.309 e. The van der Waals surface area contributed by atoms with Crippen LogP contribution in [0.5, 0.6) is 0 Å². The maximum Gasteiger partial charge on any atom is 0.294 e. The van der Waals surface area contributed by atoms with Gasteiger partial charge >= 0.3 is 0 Å². The summed E-state index contributed by atoms with van der Waals surface area (Å²) in [5.74, 6) is -0.319. The SMILES string of the molecule is O=C(c1cccc(CO[N+](=O)[O-])c1)c1cccc(CO[N+](=O)[O-])c1. The van der Waals surface area contributed by atoms with Crippen LogP contribution in [0.2, 0.25) is 0 Å². The van der Waals surface area contributed by atoms with E-state index in [1.165, 1.54) is 12.1 Å². The summed E-state index contributed by atoms with van der Waals surface area (Å²) in [5, 5.41) is 18.6. The average molecular weight is 332 g/mol. The van der Waals surface area contributed by atoms with Gasteiger partial charge in [0.25, 0.3) is 10.2 Å². The fourth-order valence-corrected chi connectivity index (χ4v) is 2.03. The maximum atomic E-state index is 12.5. The van der Waals surface area contributed by atoms with Crippen LogP contribution in [0.25, 0.3) is 0 Å². The Kier molecular flexibility index (Phi) is 5.40. The van der Waals surface area contributed by atoms with Crippen LogP contribution in [0.3, 0.4) is 0 Å². The van der Waals surface area contributed by atoms with Crippen molar-refractivity contribution in [1.82, 2.24) is 0 Å². The monoisotopic (exact) mass is 332 g/mol. The molecule has 0 bridgehead atoms. The summed E-state index contributed by atoms with van der Waals surface area (Å²) in [7, 11) is 0. The largest absolute Gasteiger partial charge is 0.309 e. The molecule has 0 N–H and O–H groups in total. The molecule has 124 valence electrons. The van der Waals surface area contributed by atoms with Crippen LogP contribution in [0.4, 0.5) is 0 Å². The molecular weight excluding hydrogens is 320 g/mol. The normalized spacial score (nSPS) is 10.0. The third kappa shape index (κ3) is 4.77. The number of carbonyl (C=O) groups is 1. The minimum absolute atomic E-state index is 0.259. The lowest BCUT2D eigenvalue weighted by atomic mass is 10.00. The zero-order valence-corrected chi connectivity index (χ0v) is 12.3. The molecule has 0 saturated carbocycles. The van der Waals surface area contributed by atoms with Crippen LogP contribution < -0.4 is 0 Å². The molecule has 0 fully saturated rings. The first-order valence-corrected chi connectivity index (χ1v) is 6.73. The second-order valence-corrected chi connectivity index (χ2v) is 4.72. The van der Waals surface area contributed by atoms with E-state index in [0.717, 1.165) is 0 Å². The van der Waals surface area contributed by atoms with Crippen LogP contribution in [-0.2, 0) is 22.9 Å². The molecule has 0 atom stereocenters. The van der Waals surface area contributed by atoms with Gasteiger partial charge in [0, 0.05) is 11.1 Å². The third-order valence-corrected chi connectivity index (χ3v) is 3.05. The standard InChI is InChI=1S/C15H12N2O7/c18-15(13-5-1-3-11(7-13)9-23-16(19)20)14-6-2-4-12(8-14)10-24-17(21)22/h1-8H,9-10H2. The Hall–Kier alpha value is -3.49. The fraction of sp³-hybridized carbons (Fsp3) is 0.133. The second-order valence-electron chi connectivity index (χ2n) is 4.72. The summed E-state index contributed by atoms with van der Waals surface area (Å²) in [5.41, 5.74) is 1.61. The molecule has 0 aliphatic heterocycles. The summed E-state index contributed by atoms with van der Waals surface area (Å²) < 4.78 is 0. The van der Waals surface area contributed by atoms with E-state index < -0.39 is 10.2 Å². The molecule has 0 aliphatic rings. The van der Waals surface area contributed by atoms with Crippen molar-refractivity contribution in [2.24, 2.45) is 0 Å². The molecule has 0 unspecified atom stereocenters. The van der Waals surface area contributed by atoms with Gasteiger partial charge in [0.15, 0.2) is 5.78 Å². The summed E-state index contributed by atoms with van der Waals surface area (Å²) in [6.07, 6.45) is 0. The maximum absolute atomic E-state index is 12.5. The zero-order chi connectivity index (χ0) is 17.5. The summed E-state index contributed by atoms with van der Waals surface area (Å²) in [6.45, 7) is -0.518. The first kappa shape index (κ1) is 16.9. The molecule has 9 heteroatoms. The molecule has 0 spiro atoms. The van der Waals surface area contributed by atoms with Crippen molar-refractivity contribution in [3.8, 4) is 0 Å². The molecule has 2 aromatic carbocycles. The van der Waals surface area contributed by atoms with E-state index in [2.05, 4.69) is 9.68 Å². The zero-order valence-electron chi connectivity index (χ0n) is 12.3. The number of nitrogens with zero attached hydrogens (tertiary/aromatic N) is 2. The fourth-order valence-electron chi connectivity index (χ4n) is 2.03. The molecule has 9 nitrogen and oxygen atoms in total. The molecule has 0 amide bonds. The quantitative estimate of drug-likeness (QED) is 0.413. The smallest absolute Gasteiger partial charge is 0.294 e. The van der Waals surface area contributed by atoms with Gasteiger partial charge in [0.2, 0.25) is 0 Å². The van der Waals surface area contributed by atoms with Crippen LogP contribution in [0.1, 0.15) is 27.0 Å². The Bertz CT molecular complexity index is 712. The van der Waals surface area contributed by atoms with Gasteiger partial charge in [-0.3, -0.25) is 4.79 Å². The number of benzene rings is 2. The number of carbonyl (C=O) groups excluding carboxylic acids is 1. The second kappa shape index (κ2) is 7.68. The molecular formula is C15H12N2O7. The lowest BCUT2D eigenvalue weighted by Gasteiger charge is -2.06.